The number of halogens is 1. The van der Waals surface area contributed by atoms with E-state index < -0.39 is 5.03 Å². The van der Waals surface area contributed by atoms with Crippen molar-refractivity contribution in [3.8, 4) is 0 Å². The molecule has 2 aromatic heterocycles. The molecule has 0 aromatic carbocycles. The van der Waals surface area contributed by atoms with E-state index in [-0.39, 0.29) is 5.95 Å². The number of nitro groups is 1. The monoisotopic (exact) mass is 256 g/mol. The molecule has 88 valence electrons. The molecule has 0 aliphatic rings. The minimum Gasteiger partial charge on any atom is -0.309 e. The summed E-state index contributed by atoms with van der Waals surface area (Å²) >= 11 is 5.66. The van der Waals surface area contributed by atoms with Crippen LogP contribution in [-0.2, 0) is 6.54 Å². The summed E-state index contributed by atoms with van der Waals surface area (Å²) in [5.41, 5.74) is 2.89. The highest BCUT2D eigenvalue weighted by Crippen LogP contribution is 2.10. The third kappa shape index (κ3) is 2.91. The first-order chi connectivity index (χ1) is 8.15. The number of anilines is 1. The summed E-state index contributed by atoms with van der Waals surface area (Å²) in [6.07, 6.45) is 4.73. The summed E-state index contributed by atoms with van der Waals surface area (Å²) in [6, 6.07) is 3.46. The van der Waals surface area contributed by atoms with Crippen LogP contribution in [0.2, 0.25) is 5.15 Å². The van der Waals surface area contributed by atoms with Gasteiger partial charge < -0.3 is 4.57 Å². The van der Waals surface area contributed by atoms with E-state index in [1.165, 1.54) is 6.20 Å². The molecule has 0 saturated carbocycles. The quantitative estimate of drug-likeness (QED) is 0.388. The van der Waals surface area contributed by atoms with Gasteiger partial charge in [0.1, 0.15) is 5.15 Å². The number of aromatic nitrogens is 3. The van der Waals surface area contributed by atoms with Crippen LogP contribution in [0.5, 0.6) is 0 Å². The number of pyridine rings is 1. The molecule has 0 spiro atoms. The Morgan fingerprint density at radius 3 is 2.94 bits per heavy atom. The van der Waals surface area contributed by atoms with Gasteiger partial charge in [-0.15, -0.1) is 0 Å². The second-order valence-electron chi connectivity index (χ2n) is 3.24. The predicted molar refractivity (Wildman–Crippen MR) is 61.2 cm³/mol. The maximum Gasteiger partial charge on any atom is 0.265 e. The van der Waals surface area contributed by atoms with E-state index in [0.29, 0.717) is 11.7 Å². The first-order valence-electron chi connectivity index (χ1n) is 4.68. The zero-order chi connectivity index (χ0) is 12.3. The molecule has 0 aliphatic carbocycles. The fourth-order valence-corrected chi connectivity index (χ4v) is 1.44. The van der Waals surface area contributed by atoms with Crippen molar-refractivity contribution in [1.29, 1.82) is 0 Å². The van der Waals surface area contributed by atoms with Crippen LogP contribution in [0.1, 0.15) is 5.56 Å². The van der Waals surface area contributed by atoms with Gasteiger partial charge in [-0.2, -0.15) is 0 Å². The lowest BCUT2D eigenvalue weighted by Crippen LogP contribution is -2.13. The Morgan fingerprint density at radius 2 is 2.29 bits per heavy atom. The molecule has 0 amide bonds. The second-order valence-corrected chi connectivity index (χ2v) is 3.62. The third-order valence-electron chi connectivity index (χ3n) is 2.05. The summed E-state index contributed by atoms with van der Waals surface area (Å²) in [4.78, 5) is 18.1. The summed E-state index contributed by atoms with van der Waals surface area (Å²) in [5, 5.41) is 10.1. The molecule has 0 atom stereocenters. The molecule has 0 unspecified atom stereocenters. The fraction of sp³-hybridized carbons (Fsp3) is 0.111. The van der Waals surface area contributed by atoms with Crippen LogP contribution in [0.15, 0.2) is 30.7 Å². The normalized spacial score (nSPS) is 10.2. The topological polar surface area (TPSA) is 85.9 Å². The van der Waals surface area contributed by atoms with Crippen molar-refractivity contribution in [2.24, 2.45) is 0 Å². The molecule has 0 bridgehead atoms. The van der Waals surface area contributed by atoms with Crippen molar-refractivity contribution in [3.63, 3.8) is 0 Å². The molecule has 2 rings (SSSR count). The highest BCUT2D eigenvalue weighted by molar-refractivity contribution is 6.29. The number of nitrogens with zero attached hydrogens (tertiary/aromatic N) is 4. The van der Waals surface area contributed by atoms with Crippen molar-refractivity contribution in [3.05, 3.63) is 51.6 Å². The Kier molecular flexibility index (Phi) is 3.20. The van der Waals surface area contributed by atoms with Crippen LogP contribution in [-0.4, -0.2) is 19.6 Å². The van der Waals surface area contributed by atoms with E-state index in [1.807, 2.05) is 5.43 Å². The largest absolute Gasteiger partial charge is 0.309 e. The van der Waals surface area contributed by atoms with Gasteiger partial charge in [0.05, 0.1) is 6.54 Å². The average molecular weight is 257 g/mol. The predicted octanol–water partition coefficient (Wildman–Crippen LogP) is 1.58. The number of rotatable bonds is 4. The minimum absolute atomic E-state index is 0.171. The average Bonchev–Trinajstić information content (AvgIpc) is 2.68. The number of nitrogens with one attached hydrogen (secondary N) is 1. The van der Waals surface area contributed by atoms with Crippen LogP contribution in [0.3, 0.4) is 0 Å². The number of hydrazine groups is 1. The van der Waals surface area contributed by atoms with Crippen molar-refractivity contribution in [2.75, 3.05) is 5.43 Å². The molecule has 2 heterocycles. The Bertz CT molecular complexity index is 524. The highest BCUT2D eigenvalue weighted by Gasteiger charge is 2.07. The van der Waals surface area contributed by atoms with Crippen molar-refractivity contribution < 1.29 is 5.03 Å². The lowest BCUT2D eigenvalue weighted by molar-refractivity contribution is -0.446. The van der Waals surface area contributed by atoms with Gasteiger partial charge in [-0.25, -0.2) is 20.1 Å². The van der Waals surface area contributed by atoms with Gasteiger partial charge in [0, 0.05) is 18.6 Å². The molecular weight excluding hydrogens is 249 g/mol. The van der Waals surface area contributed by atoms with Gasteiger partial charge in [0.25, 0.3) is 5.95 Å². The van der Waals surface area contributed by atoms with Crippen LogP contribution >= 0.6 is 11.6 Å². The molecule has 2 aromatic rings. The van der Waals surface area contributed by atoms with E-state index >= 15 is 0 Å². The van der Waals surface area contributed by atoms with Gasteiger partial charge in [-0.3, -0.25) is 0 Å². The van der Waals surface area contributed by atoms with Gasteiger partial charge in [0.2, 0.25) is 0 Å². The zero-order valence-corrected chi connectivity index (χ0v) is 9.33. The minimum atomic E-state index is -0.654. The molecule has 0 aliphatic heterocycles. The van der Waals surface area contributed by atoms with E-state index in [1.54, 1.807) is 29.1 Å². The molecule has 7 nitrogen and oxygen atoms in total. The van der Waals surface area contributed by atoms with Gasteiger partial charge >= 0.3 is 0 Å². The zero-order valence-electron chi connectivity index (χ0n) is 8.58. The van der Waals surface area contributed by atoms with Crippen molar-refractivity contribution in [2.45, 2.75) is 6.54 Å². The Hall–Kier alpha value is -2.15. The van der Waals surface area contributed by atoms with Crippen LogP contribution in [0.25, 0.3) is 0 Å². The summed E-state index contributed by atoms with van der Waals surface area (Å²) in [6.45, 7) is 0.431. The van der Waals surface area contributed by atoms with Crippen molar-refractivity contribution >= 4 is 17.5 Å². The van der Waals surface area contributed by atoms with E-state index in [9.17, 15) is 10.1 Å². The molecule has 0 saturated heterocycles. The molecular formula is C9H8ClN5O2. The molecule has 1 N–H and O–H groups in total. The van der Waals surface area contributed by atoms with Crippen molar-refractivity contribution in [1.82, 2.24) is 14.5 Å². The van der Waals surface area contributed by atoms with Gasteiger partial charge in [-0.05, 0) is 11.6 Å². The SMILES string of the molecule is O=[N+]([O-])[15NH][13c]1ncc[15n]1Cc1ccc(Cl)nc1. The van der Waals surface area contributed by atoms with E-state index in [0.717, 1.165) is 5.56 Å². The maximum atomic E-state index is 10.3. The first-order valence-corrected chi connectivity index (χ1v) is 5.05. The van der Waals surface area contributed by atoms with E-state index in [4.69, 9.17) is 11.6 Å². The first kappa shape index (κ1) is 11.3. The Labute approximate surface area is 101 Å². The number of hydrogen-bond acceptors (Lipinski definition) is 4. The van der Waals surface area contributed by atoms with Gasteiger partial charge in [-0.1, -0.05) is 23.1 Å². The van der Waals surface area contributed by atoms with Crippen LogP contribution < -0.4 is 5.43 Å². The summed E-state index contributed by atoms with van der Waals surface area (Å²) < 4.78 is 1.60. The van der Waals surface area contributed by atoms with Crippen LogP contribution in [0, 0.1) is 10.1 Å². The smallest absolute Gasteiger partial charge is 0.265 e. The lowest BCUT2D eigenvalue weighted by atomic mass is 10.3. The molecule has 0 fully saturated rings. The molecule has 8 heteroatoms. The van der Waals surface area contributed by atoms with Crippen LogP contribution in [0.4, 0.5) is 5.95 Å². The summed E-state index contributed by atoms with van der Waals surface area (Å²) in [7, 11) is 0. The number of imidazole rings is 1. The lowest BCUT2D eigenvalue weighted by Gasteiger charge is -2.05. The Balaban J connectivity index is 2.15. The van der Waals surface area contributed by atoms with Gasteiger partial charge in [0.15, 0.2) is 5.03 Å². The maximum absolute atomic E-state index is 10.3. The second kappa shape index (κ2) is 4.79. The fourth-order valence-electron chi connectivity index (χ4n) is 1.33. The summed E-state index contributed by atoms with van der Waals surface area (Å²) in [5.74, 6) is 0.171. The highest BCUT2D eigenvalue weighted by atomic mass is 35.5. The number of hydrogen-bond donors (Lipinski definition) is 1. The Morgan fingerprint density at radius 1 is 1.47 bits per heavy atom. The molecule has 17 heavy (non-hydrogen) atoms. The standard InChI is InChI=1S/C9H8ClN5O2/c10-8-2-1-7(5-12-8)6-14-4-3-11-9(14)13-15(16)17/h1-5H,6H2,(H,11,13)/i9+1,13+1,14+1. The molecule has 0 radical (unpaired) electrons. The third-order valence-corrected chi connectivity index (χ3v) is 2.27. The van der Waals surface area contributed by atoms with E-state index in [2.05, 4.69) is 9.97 Å².